The standard InChI is InChI=1S/C14H14F2N2O2/c15-8-5-9(16)11(6-10(8)17)18-12(19)7-14(13(18)20)3-1-2-4-14/h5-6H,1-4,7,17H2. The van der Waals surface area contributed by atoms with Crippen LogP contribution >= 0.6 is 0 Å². The number of halogens is 2. The first kappa shape index (κ1) is 13.0. The number of benzene rings is 1. The van der Waals surface area contributed by atoms with Crippen molar-refractivity contribution in [1.29, 1.82) is 0 Å². The number of carbonyl (C=O) groups excluding carboxylic acids is 2. The van der Waals surface area contributed by atoms with Crippen LogP contribution in [0.15, 0.2) is 12.1 Å². The monoisotopic (exact) mass is 280 g/mol. The second-order valence-electron chi connectivity index (χ2n) is 5.52. The molecular weight excluding hydrogens is 266 g/mol. The Kier molecular flexibility index (Phi) is 2.77. The van der Waals surface area contributed by atoms with Gasteiger partial charge in [-0.3, -0.25) is 9.59 Å². The third-order valence-electron chi connectivity index (χ3n) is 4.26. The minimum absolute atomic E-state index is 0.0998. The molecule has 106 valence electrons. The number of hydrogen-bond acceptors (Lipinski definition) is 3. The van der Waals surface area contributed by atoms with E-state index in [1.165, 1.54) is 0 Å². The maximum absolute atomic E-state index is 13.9. The van der Waals surface area contributed by atoms with E-state index in [1.54, 1.807) is 0 Å². The molecule has 20 heavy (non-hydrogen) atoms. The molecule has 1 aliphatic heterocycles. The van der Waals surface area contributed by atoms with Crippen molar-refractivity contribution in [2.24, 2.45) is 5.41 Å². The summed E-state index contributed by atoms with van der Waals surface area (Å²) in [7, 11) is 0. The van der Waals surface area contributed by atoms with Crippen LogP contribution in [0.2, 0.25) is 0 Å². The fourth-order valence-corrected chi connectivity index (χ4v) is 3.21. The Morgan fingerprint density at radius 1 is 1.10 bits per heavy atom. The van der Waals surface area contributed by atoms with Crippen LogP contribution in [-0.2, 0) is 9.59 Å². The highest BCUT2D eigenvalue weighted by Gasteiger charge is 2.53. The Labute approximate surface area is 114 Å². The van der Waals surface area contributed by atoms with E-state index in [1.807, 2.05) is 0 Å². The van der Waals surface area contributed by atoms with Crippen LogP contribution in [0, 0.1) is 17.0 Å². The number of nitrogen functional groups attached to an aromatic ring is 1. The highest BCUT2D eigenvalue weighted by Crippen LogP contribution is 2.48. The van der Waals surface area contributed by atoms with E-state index in [2.05, 4.69) is 0 Å². The number of nitrogens with two attached hydrogens (primary N) is 1. The van der Waals surface area contributed by atoms with Crippen molar-refractivity contribution in [3.63, 3.8) is 0 Å². The minimum Gasteiger partial charge on any atom is -0.396 e. The van der Waals surface area contributed by atoms with Crippen LogP contribution in [0.5, 0.6) is 0 Å². The van der Waals surface area contributed by atoms with Crippen LogP contribution in [0.4, 0.5) is 20.2 Å². The minimum atomic E-state index is -0.951. The van der Waals surface area contributed by atoms with Crippen LogP contribution < -0.4 is 10.6 Å². The lowest BCUT2D eigenvalue weighted by molar-refractivity contribution is -0.125. The molecule has 2 aliphatic rings. The maximum Gasteiger partial charge on any atom is 0.240 e. The first-order valence-corrected chi connectivity index (χ1v) is 6.56. The molecule has 0 bridgehead atoms. The number of hydrogen-bond donors (Lipinski definition) is 1. The van der Waals surface area contributed by atoms with Gasteiger partial charge in [-0.2, -0.15) is 0 Å². The summed E-state index contributed by atoms with van der Waals surface area (Å²) >= 11 is 0. The summed E-state index contributed by atoms with van der Waals surface area (Å²) in [6.45, 7) is 0. The molecule has 1 aromatic carbocycles. The molecule has 2 amide bonds. The predicted molar refractivity (Wildman–Crippen MR) is 68.8 cm³/mol. The molecule has 0 unspecified atom stereocenters. The van der Waals surface area contributed by atoms with E-state index in [-0.39, 0.29) is 23.7 Å². The predicted octanol–water partition coefficient (Wildman–Crippen LogP) is 2.37. The van der Waals surface area contributed by atoms with Crippen LogP contribution in [0.3, 0.4) is 0 Å². The lowest BCUT2D eigenvalue weighted by Gasteiger charge is -2.21. The molecule has 0 radical (unpaired) electrons. The SMILES string of the molecule is Nc1cc(N2C(=O)CC3(CCCC3)C2=O)c(F)cc1F. The van der Waals surface area contributed by atoms with Crippen molar-refractivity contribution in [3.05, 3.63) is 23.8 Å². The highest BCUT2D eigenvalue weighted by atomic mass is 19.1. The topological polar surface area (TPSA) is 63.4 Å². The summed E-state index contributed by atoms with van der Waals surface area (Å²) in [6.07, 6.45) is 3.17. The summed E-state index contributed by atoms with van der Waals surface area (Å²) in [6, 6.07) is 1.61. The molecule has 6 heteroatoms. The summed E-state index contributed by atoms with van der Waals surface area (Å²) in [5.41, 5.74) is 4.18. The normalized spacial score (nSPS) is 21.2. The number of carbonyl (C=O) groups is 2. The summed E-state index contributed by atoms with van der Waals surface area (Å²) in [5, 5.41) is 0. The largest absolute Gasteiger partial charge is 0.396 e. The van der Waals surface area contributed by atoms with Gasteiger partial charge in [0.15, 0.2) is 0 Å². The maximum atomic E-state index is 13.9. The molecule has 1 saturated heterocycles. The van der Waals surface area contributed by atoms with Crippen molar-refractivity contribution in [3.8, 4) is 0 Å². The van der Waals surface area contributed by atoms with Crippen molar-refractivity contribution in [2.75, 3.05) is 10.6 Å². The van der Waals surface area contributed by atoms with E-state index in [4.69, 9.17) is 5.73 Å². The lowest BCUT2D eigenvalue weighted by Crippen LogP contribution is -2.35. The molecule has 0 aromatic heterocycles. The van der Waals surface area contributed by atoms with Gasteiger partial charge in [0.25, 0.3) is 0 Å². The molecule has 0 atom stereocenters. The molecule has 3 rings (SSSR count). The molecule has 4 nitrogen and oxygen atoms in total. The van der Waals surface area contributed by atoms with E-state index in [0.717, 1.165) is 23.8 Å². The van der Waals surface area contributed by atoms with Gasteiger partial charge in [-0.15, -0.1) is 0 Å². The zero-order chi connectivity index (χ0) is 14.5. The molecule has 1 aromatic rings. The van der Waals surface area contributed by atoms with E-state index in [0.29, 0.717) is 18.9 Å². The average molecular weight is 280 g/mol. The average Bonchev–Trinajstić information content (AvgIpc) is 2.93. The van der Waals surface area contributed by atoms with Gasteiger partial charge in [-0.05, 0) is 18.9 Å². The Morgan fingerprint density at radius 2 is 1.75 bits per heavy atom. The van der Waals surface area contributed by atoms with Crippen LogP contribution in [0.25, 0.3) is 0 Å². The van der Waals surface area contributed by atoms with E-state index in [9.17, 15) is 18.4 Å². The van der Waals surface area contributed by atoms with Crippen LogP contribution in [0.1, 0.15) is 32.1 Å². The Hall–Kier alpha value is -1.98. The van der Waals surface area contributed by atoms with Crippen molar-refractivity contribution >= 4 is 23.2 Å². The number of amides is 2. The third-order valence-corrected chi connectivity index (χ3v) is 4.26. The van der Waals surface area contributed by atoms with Crippen molar-refractivity contribution in [1.82, 2.24) is 0 Å². The van der Waals surface area contributed by atoms with Gasteiger partial charge in [-0.25, -0.2) is 13.7 Å². The third kappa shape index (κ3) is 1.71. The zero-order valence-electron chi connectivity index (χ0n) is 10.8. The fourth-order valence-electron chi connectivity index (χ4n) is 3.21. The van der Waals surface area contributed by atoms with Gasteiger partial charge in [-0.1, -0.05) is 12.8 Å². The van der Waals surface area contributed by atoms with Gasteiger partial charge in [0.05, 0.1) is 16.8 Å². The molecule has 1 saturated carbocycles. The van der Waals surface area contributed by atoms with Gasteiger partial charge in [0.2, 0.25) is 11.8 Å². The zero-order valence-corrected chi connectivity index (χ0v) is 10.8. The number of anilines is 2. The van der Waals surface area contributed by atoms with Gasteiger partial charge in [0, 0.05) is 12.5 Å². The van der Waals surface area contributed by atoms with Gasteiger partial charge in [0.1, 0.15) is 11.6 Å². The van der Waals surface area contributed by atoms with Crippen LogP contribution in [-0.4, -0.2) is 11.8 Å². The second kappa shape index (κ2) is 4.26. The van der Waals surface area contributed by atoms with Gasteiger partial charge < -0.3 is 5.73 Å². The van der Waals surface area contributed by atoms with Crippen molar-refractivity contribution in [2.45, 2.75) is 32.1 Å². The number of imide groups is 1. The van der Waals surface area contributed by atoms with E-state index < -0.39 is 23.0 Å². The Balaban J connectivity index is 2.04. The fraction of sp³-hybridized carbons (Fsp3) is 0.429. The first-order chi connectivity index (χ1) is 9.44. The quantitative estimate of drug-likeness (QED) is 0.634. The van der Waals surface area contributed by atoms with Crippen molar-refractivity contribution < 1.29 is 18.4 Å². The molecular formula is C14H14F2N2O2. The molecule has 2 N–H and O–H groups in total. The highest BCUT2D eigenvalue weighted by molar-refractivity contribution is 6.22. The van der Waals surface area contributed by atoms with E-state index >= 15 is 0 Å². The molecule has 1 spiro atoms. The lowest BCUT2D eigenvalue weighted by atomic mass is 9.84. The summed E-state index contributed by atoms with van der Waals surface area (Å²) in [4.78, 5) is 25.4. The molecule has 2 fully saturated rings. The molecule has 1 aliphatic carbocycles. The number of nitrogens with zero attached hydrogens (tertiary/aromatic N) is 1. The Bertz CT molecular complexity index is 609. The summed E-state index contributed by atoms with van der Waals surface area (Å²) in [5.74, 6) is -2.68. The van der Waals surface area contributed by atoms with Gasteiger partial charge >= 0.3 is 0 Å². The second-order valence-corrected chi connectivity index (χ2v) is 5.52. The molecule has 1 heterocycles. The first-order valence-electron chi connectivity index (χ1n) is 6.56. The smallest absolute Gasteiger partial charge is 0.240 e. The Morgan fingerprint density at radius 3 is 2.40 bits per heavy atom. The summed E-state index contributed by atoms with van der Waals surface area (Å²) < 4.78 is 27.0. The number of rotatable bonds is 1.